The summed E-state index contributed by atoms with van der Waals surface area (Å²) >= 11 is 6.32. The van der Waals surface area contributed by atoms with Crippen LogP contribution in [-0.4, -0.2) is 43.2 Å². The molecule has 2 aliphatic heterocycles. The van der Waals surface area contributed by atoms with Gasteiger partial charge in [-0.15, -0.1) is 0 Å². The Hall–Kier alpha value is -1.89. The number of carbonyl (C=O) groups is 1. The monoisotopic (exact) mass is 432 g/mol. The fourth-order valence-corrected chi connectivity index (χ4v) is 5.84. The Morgan fingerprint density at radius 1 is 0.897 bits per heavy atom. The van der Waals surface area contributed by atoms with Crippen molar-refractivity contribution in [2.24, 2.45) is 0 Å². The minimum Gasteiger partial charge on any atom is -0.334 e. The predicted molar refractivity (Wildman–Crippen MR) is 114 cm³/mol. The summed E-state index contributed by atoms with van der Waals surface area (Å²) < 4.78 is 27.8. The molecule has 0 bridgehead atoms. The molecule has 0 spiro atoms. The van der Waals surface area contributed by atoms with Gasteiger partial charge in [-0.2, -0.15) is 4.31 Å². The summed E-state index contributed by atoms with van der Waals surface area (Å²) in [5.41, 5.74) is 2.62. The van der Waals surface area contributed by atoms with Gasteiger partial charge in [-0.25, -0.2) is 8.42 Å². The molecular weight excluding hydrogens is 408 g/mol. The Bertz CT molecular complexity index is 1010. The van der Waals surface area contributed by atoms with E-state index in [1.54, 1.807) is 4.90 Å². The third-order valence-corrected chi connectivity index (χ3v) is 8.01. The van der Waals surface area contributed by atoms with Crippen LogP contribution in [0, 0.1) is 0 Å². The van der Waals surface area contributed by atoms with Crippen LogP contribution in [0.1, 0.15) is 47.2 Å². The molecule has 0 saturated carbocycles. The molecule has 0 unspecified atom stereocenters. The van der Waals surface area contributed by atoms with E-state index >= 15 is 0 Å². The van der Waals surface area contributed by atoms with Crippen molar-refractivity contribution in [3.63, 3.8) is 0 Å². The van der Waals surface area contributed by atoms with Gasteiger partial charge >= 0.3 is 0 Å². The first kappa shape index (κ1) is 20.4. The molecule has 7 heteroatoms. The summed E-state index contributed by atoms with van der Waals surface area (Å²) in [5.74, 6) is -0.225. The van der Waals surface area contributed by atoms with Crippen LogP contribution in [-0.2, 0) is 23.0 Å². The van der Waals surface area contributed by atoms with Gasteiger partial charge in [0.1, 0.15) is 0 Å². The maximum atomic E-state index is 13.2. The first-order valence-electron chi connectivity index (χ1n) is 10.1. The summed E-state index contributed by atoms with van der Waals surface area (Å²) in [7, 11) is -3.63. The molecule has 2 aromatic rings. The highest BCUT2D eigenvalue weighted by atomic mass is 35.5. The number of halogens is 1. The van der Waals surface area contributed by atoms with Crippen molar-refractivity contribution in [1.82, 2.24) is 9.21 Å². The highest BCUT2D eigenvalue weighted by Crippen LogP contribution is 2.27. The van der Waals surface area contributed by atoms with Crippen LogP contribution in [0.5, 0.6) is 0 Å². The molecule has 1 fully saturated rings. The van der Waals surface area contributed by atoms with Gasteiger partial charge in [0.15, 0.2) is 0 Å². The van der Waals surface area contributed by atoms with Crippen LogP contribution >= 0.6 is 11.6 Å². The molecule has 0 radical (unpaired) electrons. The Labute approximate surface area is 177 Å². The fourth-order valence-electron chi connectivity index (χ4n) is 4.10. The van der Waals surface area contributed by atoms with Crippen molar-refractivity contribution in [2.45, 2.75) is 43.5 Å². The molecule has 29 heavy (non-hydrogen) atoms. The zero-order chi connectivity index (χ0) is 20.4. The first-order chi connectivity index (χ1) is 14.0. The molecule has 4 rings (SSSR count). The van der Waals surface area contributed by atoms with E-state index in [-0.39, 0.29) is 21.4 Å². The minimum absolute atomic E-state index is 0.143. The average molecular weight is 433 g/mol. The number of hydrogen-bond acceptors (Lipinski definition) is 3. The number of nitrogens with zero attached hydrogens (tertiary/aromatic N) is 2. The van der Waals surface area contributed by atoms with Gasteiger partial charge in [0.05, 0.1) is 15.5 Å². The van der Waals surface area contributed by atoms with Gasteiger partial charge in [0, 0.05) is 26.2 Å². The van der Waals surface area contributed by atoms with Crippen molar-refractivity contribution >= 4 is 27.5 Å². The summed E-state index contributed by atoms with van der Waals surface area (Å²) in [4.78, 5) is 15.1. The highest BCUT2D eigenvalue weighted by Gasteiger charge is 2.28. The van der Waals surface area contributed by atoms with Crippen LogP contribution in [0.4, 0.5) is 0 Å². The molecule has 5 nitrogen and oxygen atoms in total. The third-order valence-electron chi connectivity index (χ3n) is 5.79. The number of carbonyl (C=O) groups excluding carboxylic acids is 1. The number of benzene rings is 2. The molecular formula is C22H25ClN2O3S. The van der Waals surface area contributed by atoms with E-state index in [0.717, 1.165) is 37.7 Å². The lowest BCUT2D eigenvalue weighted by atomic mass is 9.99. The summed E-state index contributed by atoms with van der Waals surface area (Å²) in [6.45, 7) is 2.15. The van der Waals surface area contributed by atoms with Crippen LogP contribution in [0.2, 0.25) is 5.02 Å². The van der Waals surface area contributed by atoms with Crippen molar-refractivity contribution in [2.75, 3.05) is 19.6 Å². The Morgan fingerprint density at radius 3 is 2.31 bits per heavy atom. The van der Waals surface area contributed by atoms with Crippen molar-refractivity contribution < 1.29 is 13.2 Å². The standard InChI is InChI=1S/C22H25ClN2O3S/c23-21-10-9-19(29(27,28)25-12-5-1-2-6-13-25)15-20(21)22(26)24-14-11-17-7-3-4-8-18(17)16-24/h3-4,7-10,15H,1-2,5-6,11-14,16H2. The van der Waals surface area contributed by atoms with Gasteiger partial charge in [-0.1, -0.05) is 48.7 Å². The van der Waals surface area contributed by atoms with Gasteiger partial charge < -0.3 is 4.90 Å². The molecule has 2 aliphatic rings. The van der Waals surface area contributed by atoms with Crippen LogP contribution in [0.25, 0.3) is 0 Å². The van der Waals surface area contributed by atoms with E-state index in [0.29, 0.717) is 26.2 Å². The van der Waals surface area contributed by atoms with E-state index in [2.05, 4.69) is 6.07 Å². The van der Waals surface area contributed by atoms with E-state index in [1.807, 2.05) is 18.2 Å². The van der Waals surface area contributed by atoms with Gasteiger partial charge in [-0.3, -0.25) is 4.79 Å². The lowest BCUT2D eigenvalue weighted by molar-refractivity contribution is 0.0734. The number of hydrogen-bond donors (Lipinski definition) is 0. The highest BCUT2D eigenvalue weighted by molar-refractivity contribution is 7.89. The lowest BCUT2D eigenvalue weighted by Crippen LogP contribution is -2.36. The van der Waals surface area contributed by atoms with E-state index in [4.69, 9.17) is 11.6 Å². The number of fused-ring (bicyclic) bond motifs is 1. The van der Waals surface area contributed by atoms with Gasteiger partial charge in [0.2, 0.25) is 10.0 Å². The number of rotatable bonds is 3. The maximum Gasteiger partial charge on any atom is 0.255 e. The Balaban J connectivity index is 1.61. The largest absolute Gasteiger partial charge is 0.334 e. The fraction of sp³-hybridized carbons (Fsp3) is 0.409. The molecule has 0 aromatic heterocycles. The number of sulfonamides is 1. The first-order valence-corrected chi connectivity index (χ1v) is 11.9. The quantitative estimate of drug-likeness (QED) is 0.733. The second kappa shape index (κ2) is 8.46. The lowest BCUT2D eigenvalue weighted by Gasteiger charge is -2.29. The van der Waals surface area contributed by atoms with Gasteiger partial charge in [0.25, 0.3) is 5.91 Å². The topological polar surface area (TPSA) is 57.7 Å². The Kier molecular flexibility index (Phi) is 5.95. The van der Waals surface area contributed by atoms with Crippen LogP contribution in [0.15, 0.2) is 47.4 Å². The molecule has 1 amide bonds. The summed E-state index contributed by atoms with van der Waals surface area (Å²) in [5, 5.41) is 0.281. The van der Waals surface area contributed by atoms with E-state index in [9.17, 15) is 13.2 Å². The smallest absolute Gasteiger partial charge is 0.255 e. The van der Waals surface area contributed by atoms with E-state index in [1.165, 1.54) is 28.1 Å². The molecule has 2 heterocycles. The number of amides is 1. The van der Waals surface area contributed by atoms with Crippen molar-refractivity contribution in [3.8, 4) is 0 Å². The zero-order valence-corrected chi connectivity index (χ0v) is 17.9. The second-order valence-electron chi connectivity index (χ2n) is 7.71. The SMILES string of the molecule is O=C(c1cc(S(=O)(=O)N2CCCCCC2)ccc1Cl)N1CCc2ccccc2C1. The maximum absolute atomic E-state index is 13.2. The van der Waals surface area contributed by atoms with E-state index < -0.39 is 10.0 Å². The van der Waals surface area contributed by atoms with Crippen molar-refractivity contribution in [3.05, 3.63) is 64.2 Å². The summed E-state index contributed by atoms with van der Waals surface area (Å²) in [6, 6.07) is 12.6. The summed E-state index contributed by atoms with van der Waals surface area (Å²) in [6.07, 6.45) is 4.61. The third kappa shape index (κ3) is 4.20. The molecule has 0 atom stereocenters. The predicted octanol–water partition coefficient (Wildman–Crippen LogP) is 4.10. The molecule has 0 N–H and O–H groups in total. The minimum atomic E-state index is -3.63. The van der Waals surface area contributed by atoms with Crippen molar-refractivity contribution in [1.29, 1.82) is 0 Å². The van der Waals surface area contributed by atoms with Crippen LogP contribution < -0.4 is 0 Å². The molecule has 2 aromatic carbocycles. The van der Waals surface area contributed by atoms with Crippen LogP contribution in [0.3, 0.4) is 0 Å². The molecule has 154 valence electrons. The zero-order valence-electron chi connectivity index (χ0n) is 16.3. The van der Waals surface area contributed by atoms with Gasteiger partial charge in [-0.05, 0) is 48.6 Å². The Morgan fingerprint density at radius 2 is 1.59 bits per heavy atom. The normalized spacial score (nSPS) is 18.2. The molecule has 0 aliphatic carbocycles. The second-order valence-corrected chi connectivity index (χ2v) is 10.1. The average Bonchev–Trinajstić information content (AvgIpc) is 3.03. The molecule has 1 saturated heterocycles.